The molecule has 1 aliphatic heterocycles. The van der Waals surface area contributed by atoms with Gasteiger partial charge in [0.25, 0.3) is 5.91 Å². The van der Waals surface area contributed by atoms with E-state index in [0.29, 0.717) is 23.6 Å². The van der Waals surface area contributed by atoms with Crippen molar-refractivity contribution in [3.63, 3.8) is 0 Å². The van der Waals surface area contributed by atoms with Crippen LogP contribution >= 0.6 is 0 Å². The summed E-state index contributed by atoms with van der Waals surface area (Å²) in [5, 5.41) is 2.72. The van der Waals surface area contributed by atoms with Crippen molar-refractivity contribution in [3.8, 4) is 5.75 Å². The molecule has 6 rings (SSSR count). The molecule has 8 heteroatoms. The second kappa shape index (κ2) is 11.0. The summed E-state index contributed by atoms with van der Waals surface area (Å²) < 4.78 is 38.8. The molecule has 2 amide bonds. The van der Waals surface area contributed by atoms with Gasteiger partial charge in [0.2, 0.25) is 5.91 Å². The average molecular weight is 543 g/mol. The van der Waals surface area contributed by atoms with Crippen LogP contribution in [0.1, 0.15) is 57.5 Å². The molecule has 1 aliphatic carbocycles. The van der Waals surface area contributed by atoms with Crippen molar-refractivity contribution in [1.29, 1.82) is 0 Å². The highest BCUT2D eigenvalue weighted by Crippen LogP contribution is 2.41. The van der Waals surface area contributed by atoms with Crippen LogP contribution in [-0.2, 0) is 24.4 Å². The third-order valence-corrected chi connectivity index (χ3v) is 7.35. The Morgan fingerprint density at radius 3 is 2.55 bits per heavy atom. The highest BCUT2D eigenvalue weighted by molar-refractivity contribution is 5.91. The lowest BCUT2D eigenvalue weighted by atomic mass is 9.87. The van der Waals surface area contributed by atoms with Gasteiger partial charge < -0.3 is 19.4 Å². The number of furan rings is 1. The number of amides is 2. The summed E-state index contributed by atoms with van der Waals surface area (Å²) >= 11 is 0. The Morgan fingerprint density at radius 1 is 0.950 bits per heavy atom. The Bertz CT molecular complexity index is 1540. The monoisotopic (exact) mass is 542 g/mol. The van der Waals surface area contributed by atoms with Crippen LogP contribution in [0, 0.1) is 17.6 Å². The molecule has 2 heterocycles. The maximum Gasteiger partial charge on any atom is 0.287 e. The molecule has 6 nitrogen and oxygen atoms in total. The maximum atomic E-state index is 13.7. The molecule has 1 saturated carbocycles. The van der Waals surface area contributed by atoms with Gasteiger partial charge in [0.05, 0.1) is 6.04 Å². The number of carbonyl (C=O) groups is 2. The molecule has 1 unspecified atom stereocenters. The van der Waals surface area contributed by atoms with E-state index < -0.39 is 5.91 Å². The zero-order valence-electron chi connectivity index (χ0n) is 21.7. The Morgan fingerprint density at radius 2 is 1.77 bits per heavy atom. The van der Waals surface area contributed by atoms with Gasteiger partial charge >= 0.3 is 0 Å². The molecule has 0 spiro atoms. The highest BCUT2D eigenvalue weighted by atomic mass is 19.1. The summed E-state index contributed by atoms with van der Waals surface area (Å²) in [6, 6.07) is 21.1. The summed E-state index contributed by atoms with van der Waals surface area (Å²) in [5.74, 6) is 0.315. The average Bonchev–Trinajstić information content (AvgIpc) is 3.71. The molecule has 2 aliphatic rings. The lowest BCUT2D eigenvalue weighted by molar-refractivity contribution is -0.134. The summed E-state index contributed by atoms with van der Waals surface area (Å²) in [5.41, 5.74) is 3.58. The molecule has 0 bridgehead atoms. The second-order valence-corrected chi connectivity index (χ2v) is 10.2. The lowest BCUT2D eigenvalue weighted by Gasteiger charge is -2.38. The van der Waals surface area contributed by atoms with Gasteiger partial charge in [0.15, 0.2) is 5.76 Å². The number of ether oxygens (including phenoxy) is 1. The van der Waals surface area contributed by atoms with E-state index in [-0.39, 0.29) is 48.4 Å². The summed E-state index contributed by atoms with van der Waals surface area (Å²) in [4.78, 5) is 27.6. The fraction of sp³-hybridized carbons (Fsp3) is 0.250. The number of nitrogens with one attached hydrogen (secondary N) is 1. The molecule has 40 heavy (non-hydrogen) atoms. The molecular formula is C32H28F2N2O4. The van der Waals surface area contributed by atoms with Crippen LogP contribution in [0.5, 0.6) is 5.75 Å². The van der Waals surface area contributed by atoms with Crippen molar-refractivity contribution in [3.05, 3.63) is 124 Å². The van der Waals surface area contributed by atoms with Crippen LogP contribution in [-0.4, -0.2) is 23.3 Å². The zero-order valence-corrected chi connectivity index (χ0v) is 21.7. The van der Waals surface area contributed by atoms with Crippen molar-refractivity contribution in [1.82, 2.24) is 10.2 Å². The number of hydrogen-bond acceptors (Lipinski definition) is 4. The topological polar surface area (TPSA) is 71.8 Å². The first-order valence-corrected chi connectivity index (χ1v) is 13.4. The van der Waals surface area contributed by atoms with Crippen LogP contribution in [0.25, 0.3) is 0 Å². The summed E-state index contributed by atoms with van der Waals surface area (Å²) in [6.45, 7) is 0.886. The van der Waals surface area contributed by atoms with E-state index in [9.17, 15) is 18.4 Å². The smallest absolute Gasteiger partial charge is 0.287 e. The van der Waals surface area contributed by atoms with Crippen molar-refractivity contribution in [2.45, 2.75) is 38.5 Å². The number of carbonyl (C=O) groups excluding carboxylic acids is 2. The number of fused-ring (bicyclic) bond motifs is 1. The third kappa shape index (κ3) is 5.61. The molecule has 0 saturated heterocycles. The summed E-state index contributed by atoms with van der Waals surface area (Å²) in [7, 11) is 0. The fourth-order valence-corrected chi connectivity index (χ4v) is 5.14. The van der Waals surface area contributed by atoms with Gasteiger partial charge in [0.1, 0.15) is 29.8 Å². The molecule has 1 aromatic heterocycles. The van der Waals surface area contributed by atoms with Gasteiger partial charge in [0, 0.05) is 19.0 Å². The molecule has 4 aromatic rings. The predicted octanol–water partition coefficient (Wildman–Crippen LogP) is 5.95. The number of halogens is 2. The van der Waals surface area contributed by atoms with Crippen LogP contribution in [0.4, 0.5) is 8.78 Å². The van der Waals surface area contributed by atoms with E-state index in [0.717, 1.165) is 36.0 Å². The zero-order chi connectivity index (χ0) is 27.6. The third-order valence-electron chi connectivity index (χ3n) is 7.35. The molecule has 204 valence electrons. The Balaban J connectivity index is 1.16. The van der Waals surface area contributed by atoms with Crippen molar-refractivity contribution < 1.29 is 27.5 Å². The van der Waals surface area contributed by atoms with E-state index >= 15 is 0 Å². The highest BCUT2D eigenvalue weighted by Gasteiger charge is 2.39. The number of nitrogens with zero attached hydrogens (tertiary/aromatic N) is 1. The first kappa shape index (κ1) is 25.8. The Hall–Kier alpha value is -4.46. The van der Waals surface area contributed by atoms with Crippen molar-refractivity contribution in [2.75, 3.05) is 6.54 Å². The second-order valence-electron chi connectivity index (χ2n) is 10.2. The maximum absolute atomic E-state index is 13.7. The standard InChI is InChI=1S/C32H28F2N2O4/c33-24-9-6-22(7-10-24)30-28-17-26(11-8-21(28)14-15-36(30)32(38)23-4-5-23)39-19-27-12-13-29(40-27)31(37)35-18-20-2-1-3-25(34)16-20/h1-3,6-13,16-17,23,30H,4-5,14-15,18-19H2,(H,35,37). The van der Waals surface area contributed by atoms with Gasteiger partial charge in [-0.15, -0.1) is 0 Å². The Kier molecular flexibility index (Phi) is 7.07. The van der Waals surface area contributed by atoms with Crippen LogP contribution in [0.3, 0.4) is 0 Å². The van der Waals surface area contributed by atoms with E-state index in [1.165, 1.54) is 24.3 Å². The van der Waals surface area contributed by atoms with Gasteiger partial charge in [-0.1, -0.05) is 30.3 Å². The minimum atomic E-state index is -0.410. The van der Waals surface area contributed by atoms with Gasteiger partial charge in [-0.3, -0.25) is 9.59 Å². The summed E-state index contributed by atoms with van der Waals surface area (Å²) in [6.07, 6.45) is 2.56. The minimum Gasteiger partial charge on any atom is -0.486 e. The minimum absolute atomic E-state index is 0.0724. The van der Waals surface area contributed by atoms with Gasteiger partial charge in [-0.2, -0.15) is 0 Å². The number of rotatable bonds is 8. The first-order chi connectivity index (χ1) is 19.4. The van der Waals surface area contributed by atoms with Crippen molar-refractivity contribution in [2.24, 2.45) is 5.92 Å². The lowest BCUT2D eigenvalue weighted by Crippen LogP contribution is -2.41. The number of benzene rings is 3. The SMILES string of the molecule is O=C(NCc1cccc(F)c1)c1ccc(COc2ccc3c(c2)C(c2ccc(F)cc2)N(C(=O)C2CC2)CC3)o1. The van der Waals surface area contributed by atoms with Crippen LogP contribution in [0.2, 0.25) is 0 Å². The fourth-order valence-electron chi connectivity index (χ4n) is 5.14. The predicted molar refractivity (Wildman–Crippen MR) is 143 cm³/mol. The van der Waals surface area contributed by atoms with Gasteiger partial charge in [-0.05, 0) is 90.0 Å². The Labute approximate surface area is 230 Å². The van der Waals surface area contributed by atoms with Crippen LogP contribution < -0.4 is 10.1 Å². The van der Waals surface area contributed by atoms with E-state index in [2.05, 4.69) is 5.32 Å². The molecular weight excluding hydrogens is 514 g/mol. The largest absolute Gasteiger partial charge is 0.486 e. The van der Waals surface area contributed by atoms with Crippen LogP contribution in [0.15, 0.2) is 83.3 Å². The molecule has 1 N–H and O–H groups in total. The van der Waals surface area contributed by atoms with E-state index in [1.807, 2.05) is 23.1 Å². The molecule has 0 radical (unpaired) electrons. The van der Waals surface area contributed by atoms with Gasteiger partial charge in [-0.25, -0.2) is 8.78 Å². The number of hydrogen-bond donors (Lipinski definition) is 1. The quantitative estimate of drug-likeness (QED) is 0.299. The normalized spacial score (nSPS) is 16.4. The molecule has 1 atom stereocenters. The molecule has 3 aromatic carbocycles. The molecule has 1 fully saturated rings. The van der Waals surface area contributed by atoms with E-state index in [1.54, 1.807) is 36.4 Å². The first-order valence-electron chi connectivity index (χ1n) is 13.4. The van der Waals surface area contributed by atoms with Crippen molar-refractivity contribution >= 4 is 11.8 Å². The van der Waals surface area contributed by atoms with E-state index in [4.69, 9.17) is 9.15 Å².